The van der Waals surface area contributed by atoms with Gasteiger partial charge in [0.15, 0.2) is 0 Å². The maximum Gasteiger partial charge on any atom is 0.219 e. The van der Waals surface area contributed by atoms with Crippen LogP contribution in [0.2, 0.25) is 0 Å². The molecule has 0 aliphatic carbocycles. The van der Waals surface area contributed by atoms with Gasteiger partial charge in [0, 0.05) is 46.2 Å². The van der Waals surface area contributed by atoms with Gasteiger partial charge in [0.2, 0.25) is 5.91 Å². The average Bonchev–Trinajstić information content (AvgIpc) is 2.26. The molecule has 1 aliphatic rings. The fourth-order valence-electron chi connectivity index (χ4n) is 1.76. The second-order valence-electron chi connectivity index (χ2n) is 4.24. The molecule has 1 heterocycles. The van der Waals surface area contributed by atoms with E-state index in [1.165, 1.54) is 0 Å². The minimum absolute atomic E-state index is 0.209. The number of rotatable bonds is 4. The second kappa shape index (κ2) is 6.08. The number of likely N-dealkylation sites (N-methyl/N-ethyl adjacent to an activating group) is 1. The molecule has 0 atom stereocenters. The van der Waals surface area contributed by atoms with Gasteiger partial charge < -0.3 is 9.80 Å². The fraction of sp³-hybridized carbons (Fsp3) is 0.909. The van der Waals surface area contributed by atoms with Crippen LogP contribution in [0.3, 0.4) is 0 Å². The molecule has 4 nitrogen and oxygen atoms in total. The summed E-state index contributed by atoms with van der Waals surface area (Å²) in [6, 6.07) is 0. The van der Waals surface area contributed by atoms with E-state index in [0.29, 0.717) is 0 Å². The molecule has 15 heavy (non-hydrogen) atoms. The van der Waals surface area contributed by atoms with E-state index in [0.717, 1.165) is 45.8 Å². The van der Waals surface area contributed by atoms with Crippen LogP contribution in [-0.4, -0.2) is 73.5 Å². The molecule has 0 bridgehead atoms. The van der Waals surface area contributed by atoms with Crippen molar-refractivity contribution < 1.29 is 4.79 Å². The predicted octanol–water partition coefficient (Wildman–Crippen LogP) is 0.102. The molecule has 0 aromatic carbocycles. The third kappa shape index (κ3) is 4.18. The number of carbonyl (C=O) groups excluding carboxylic acids is 1. The van der Waals surface area contributed by atoms with Crippen molar-refractivity contribution in [2.24, 2.45) is 0 Å². The van der Waals surface area contributed by atoms with Crippen molar-refractivity contribution in [3.05, 3.63) is 0 Å². The van der Waals surface area contributed by atoms with Crippen molar-refractivity contribution in [3.63, 3.8) is 0 Å². The number of piperazine rings is 1. The van der Waals surface area contributed by atoms with Crippen LogP contribution in [0.1, 0.15) is 13.8 Å². The summed E-state index contributed by atoms with van der Waals surface area (Å²) >= 11 is 0. The van der Waals surface area contributed by atoms with Gasteiger partial charge in [-0.05, 0) is 13.6 Å². The molecule has 4 heteroatoms. The number of carbonyl (C=O) groups is 1. The molecule has 88 valence electrons. The molecule has 1 rings (SSSR count). The summed E-state index contributed by atoms with van der Waals surface area (Å²) in [5.74, 6) is 0.209. The maximum absolute atomic E-state index is 11.1. The van der Waals surface area contributed by atoms with E-state index in [4.69, 9.17) is 0 Å². The largest absolute Gasteiger partial charge is 0.340 e. The lowest BCUT2D eigenvalue weighted by Crippen LogP contribution is -2.49. The van der Waals surface area contributed by atoms with Crippen LogP contribution >= 0.6 is 0 Å². The highest BCUT2D eigenvalue weighted by Gasteiger charge is 2.17. The highest BCUT2D eigenvalue weighted by Crippen LogP contribution is 2.01. The first-order valence-electron chi connectivity index (χ1n) is 5.80. The summed E-state index contributed by atoms with van der Waals surface area (Å²) in [4.78, 5) is 17.8. The zero-order valence-corrected chi connectivity index (χ0v) is 10.2. The van der Waals surface area contributed by atoms with Gasteiger partial charge in [-0.2, -0.15) is 0 Å². The topological polar surface area (TPSA) is 26.8 Å². The SMILES string of the molecule is CCN(C)CCN1CCN(C(C)=O)CC1. The first-order chi connectivity index (χ1) is 7.13. The number of hydrogen-bond donors (Lipinski definition) is 0. The lowest BCUT2D eigenvalue weighted by Gasteiger charge is -2.34. The number of hydrogen-bond acceptors (Lipinski definition) is 3. The van der Waals surface area contributed by atoms with E-state index >= 15 is 0 Å². The van der Waals surface area contributed by atoms with E-state index < -0.39 is 0 Å². The second-order valence-corrected chi connectivity index (χ2v) is 4.24. The van der Waals surface area contributed by atoms with E-state index in [-0.39, 0.29) is 5.91 Å². The summed E-state index contributed by atoms with van der Waals surface area (Å²) in [5, 5.41) is 0. The molecule has 0 unspecified atom stereocenters. The van der Waals surface area contributed by atoms with Crippen molar-refractivity contribution in [2.75, 3.05) is 52.9 Å². The maximum atomic E-state index is 11.1. The molecule has 1 amide bonds. The highest BCUT2D eigenvalue weighted by atomic mass is 16.2. The van der Waals surface area contributed by atoms with Crippen LogP contribution in [-0.2, 0) is 4.79 Å². The Morgan fingerprint density at radius 3 is 2.33 bits per heavy atom. The Morgan fingerprint density at radius 2 is 1.87 bits per heavy atom. The summed E-state index contributed by atoms with van der Waals surface area (Å²) in [6.07, 6.45) is 0. The summed E-state index contributed by atoms with van der Waals surface area (Å²) in [6.45, 7) is 11.0. The lowest BCUT2D eigenvalue weighted by molar-refractivity contribution is -0.130. The Bertz CT molecular complexity index is 200. The van der Waals surface area contributed by atoms with Gasteiger partial charge in [-0.15, -0.1) is 0 Å². The van der Waals surface area contributed by atoms with E-state index in [1.807, 2.05) is 4.90 Å². The van der Waals surface area contributed by atoms with Crippen LogP contribution < -0.4 is 0 Å². The Labute approximate surface area is 92.8 Å². The third-order valence-corrected chi connectivity index (χ3v) is 3.16. The Kier molecular flexibility index (Phi) is 5.05. The zero-order chi connectivity index (χ0) is 11.3. The summed E-state index contributed by atoms with van der Waals surface area (Å²) < 4.78 is 0. The van der Waals surface area contributed by atoms with Crippen LogP contribution in [0, 0.1) is 0 Å². The van der Waals surface area contributed by atoms with E-state index in [9.17, 15) is 4.79 Å². The molecule has 0 aromatic rings. The smallest absolute Gasteiger partial charge is 0.219 e. The van der Waals surface area contributed by atoms with E-state index in [2.05, 4.69) is 23.8 Å². The molecular formula is C11H23N3O. The first kappa shape index (κ1) is 12.5. The Balaban J connectivity index is 2.17. The molecule has 1 saturated heterocycles. The minimum Gasteiger partial charge on any atom is -0.340 e. The van der Waals surface area contributed by atoms with Gasteiger partial charge in [-0.1, -0.05) is 6.92 Å². The summed E-state index contributed by atoms with van der Waals surface area (Å²) in [5.41, 5.74) is 0. The third-order valence-electron chi connectivity index (χ3n) is 3.16. The lowest BCUT2D eigenvalue weighted by atomic mass is 10.3. The van der Waals surface area contributed by atoms with E-state index in [1.54, 1.807) is 6.92 Å². The van der Waals surface area contributed by atoms with Crippen molar-refractivity contribution >= 4 is 5.91 Å². The van der Waals surface area contributed by atoms with Crippen molar-refractivity contribution in [2.45, 2.75) is 13.8 Å². The molecule has 0 N–H and O–H groups in total. The molecule has 1 aliphatic heterocycles. The summed E-state index contributed by atoms with van der Waals surface area (Å²) in [7, 11) is 2.14. The molecule has 1 fully saturated rings. The highest BCUT2D eigenvalue weighted by molar-refractivity contribution is 5.73. The minimum atomic E-state index is 0.209. The Hall–Kier alpha value is -0.610. The standard InChI is InChI=1S/C11H23N3O/c1-4-12(3)5-6-13-7-9-14(10-8-13)11(2)15/h4-10H2,1-3H3. The monoisotopic (exact) mass is 213 g/mol. The zero-order valence-electron chi connectivity index (χ0n) is 10.2. The van der Waals surface area contributed by atoms with Crippen molar-refractivity contribution in [1.29, 1.82) is 0 Å². The van der Waals surface area contributed by atoms with Gasteiger partial charge in [-0.3, -0.25) is 9.69 Å². The normalized spacial score (nSPS) is 18.5. The van der Waals surface area contributed by atoms with Crippen LogP contribution in [0.4, 0.5) is 0 Å². The fourth-order valence-corrected chi connectivity index (χ4v) is 1.76. The van der Waals surface area contributed by atoms with Crippen LogP contribution in [0.5, 0.6) is 0 Å². The van der Waals surface area contributed by atoms with Crippen LogP contribution in [0.15, 0.2) is 0 Å². The average molecular weight is 213 g/mol. The molecule has 0 aromatic heterocycles. The van der Waals surface area contributed by atoms with Crippen molar-refractivity contribution in [1.82, 2.24) is 14.7 Å². The predicted molar refractivity (Wildman–Crippen MR) is 61.9 cm³/mol. The van der Waals surface area contributed by atoms with Gasteiger partial charge in [-0.25, -0.2) is 0 Å². The number of nitrogens with zero attached hydrogens (tertiary/aromatic N) is 3. The van der Waals surface area contributed by atoms with Crippen molar-refractivity contribution in [3.8, 4) is 0 Å². The van der Waals surface area contributed by atoms with Gasteiger partial charge in [0.05, 0.1) is 0 Å². The number of amides is 1. The molecular weight excluding hydrogens is 190 g/mol. The van der Waals surface area contributed by atoms with Gasteiger partial charge in [0.1, 0.15) is 0 Å². The Morgan fingerprint density at radius 1 is 1.27 bits per heavy atom. The van der Waals surface area contributed by atoms with Gasteiger partial charge >= 0.3 is 0 Å². The molecule has 0 radical (unpaired) electrons. The quantitative estimate of drug-likeness (QED) is 0.663. The first-order valence-corrected chi connectivity index (χ1v) is 5.80. The van der Waals surface area contributed by atoms with Gasteiger partial charge in [0.25, 0.3) is 0 Å². The molecule has 0 spiro atoms. The van der Waals surface area contributed by atoms with Crippen LogP contribution in [0.25, 0.3) is 0 Å². The molecule has 0 saturated carbocycles.